The van der Waals surface area contributed by atoms with Gasteiger partial charge in [-0.15, -0.1) is 0 Å². The number of hydrogen-bond donors (Lipinski definition) is 2. The number of nitrogens with one attached hydrogen (secondary N) is 1. The molecule has 0 aliphatic heterocycles. The number of aryl methyl sites for hydroxylation is 1. The number of ether oxygens (including phenoxy) is 1. The number of carbonyl (C=O) groups excluding carboxylic acids is 1. The molecule has 0 radical (unpaired) electrons. The molecule has 4 heteroatoms. The van der Waals surface area contributed by atoms with Crippen molar-refractivity contribution in [3.05, 3.63) is 29.3 Å². The second-order valence-electron chi connectivity index (χ2n) is 7.32. The van der Waals surface area contributed by atoms with Crippen molar-refractivity contribution < 1.29 is 9.53 Å². The summed E-state index contributed by atoms with van der Waals surface area (Å²) in [5.74, 6) is 0.945. The molecule has 1 aromatic carbocycles. The zero-order valence-electron chi connectivity index (χ0n) is 14.2. The molecule has 3 unspecified atom stereocenters. The predicted octanol–water partition coefficient (Wildman–Crippen LogP) is 3.10. The van der Waals surface area contributed by atoms with Gasteiger partial charge in [-0.2, -0.15) is 0 Å². The Labute approximate surface area is 138 Å². The van der Waals surface area contributed by atoms with Crippen molar-refractivity contribution in [3.8, 4) is 5.75 Å². The van der Waals surface area contributed by atoms with Gasteiger partial charge in [0, 0.05) is 5.54 Å². The van der Waals surface area contributed by atoms with Crippen LogP contribution in [0.2, 0.25) is 0 Å². The monoisotopic (exact) mass is 316 g/mol. The van der Waals surface area contributed by atoms with Crippen LogP contribution >= 0.6 is 0 Å². The van der Waals surface area contributed by atoms with E-state index in [-0.39, 0.29) is 23.4 Å². The van der Waals surface area contributed by atoms with Gasteiger partial charge in [-0.05, 0) is 62.3 Å². The highest BCUT2D eigenvalue weighted by molar-refractivity contribution is 5.80. The molecule has 2 aliphatic rings. The summed E-state index contributed by atoms with van der Waals surface area (Å²) in [4.78, 5) is 12.8. The van der Waals surface area contributed by atoms with Crippen LogP contribution in [0.4, 0.5) is 0 Å². The predicted molar refractivity (Wildman–Crippen MR) is 91.4 cm³/mol. The van der Waals surface area contributed by atoms with E-state index in [9.17, 15) is 4.79 Å². The molecule has 23 heavy (non-hydrogen) atoms. The van der Waals surface area contributed by atoms with Gasteiger partial charge < -0.3 is 15.8 Å². The smallest absolute Gasteiger partial charge is 0.225 e. The first-order valence-electron chi connectivity index (χ1n) is 8.77. The maximum Gasteiger partial charge on any atom is 0.225 e. The molecule has 1 aromatic rings. The van der Waals surface area contributed by atoms with Gasteiger partial charge in [0.25, 0.3) is 0 Å². The van der Waals surface area contributed by atoms with Gasteiger partial charge >= 0.3 is 0 Å². The van der Waals surface area contributed by atoms with E-state index in [4.69, 9.17) is 10.5 Å². The minimum atomic E-state index is -0.375. The van der Waals surface area contributed by atoms with Crippen molar-refractivity contribution in [2.75, 3.05) is 7.11 Å². The van der Waals surface area contributed by atoms with Gasteiger partial charge in [0.05, 0.1) is 19.1 Å². The SMILES string of the molecule is COc1ccc2c(c1)CCCC2NC(=O)C1CCCCC1(C)N. The summed E-state index contributed by atoms with van der Waals surface area (Å²) < 4.78 is 5.32. The lowest BCUT2D eigenvalue weighted by Gasteiger charge is -2.38. The Morgan fingerprint density at radius 2 is 2.13 bits per heavy atom. The third kappa shape index (κ3) is 3.37. The molecular formula is C19H28N2O2. The first-order chi connectivity index (χ1) is 11.0. The summed E-state index contributed by atoms with van der Waals surface area (Å²) in [6, 6.07) is 6.29. The molecule has 4 nitrogen and oxygen atoms in total. The average molecular weight is 316 g/mol. The Hall–Kier alpha value is -1.55. The Balaban J connectivity index is 1.75. The van der Waals surface area contributed by atoms with Crippen LogP contribution in [-0.4, -0.2) is 18.6 Å². The van der Waals surface area contributed by atoms with E-state index in [0.29, 0.717) is 0 Å². The molecule has 0 bridgehead atoms. The van der Waals surface area contributed by atoms with Gasteiger partial charge in [-0.25, -0.2) is 0 Å². The van der Waals surface area contributed by atoms with Crippen molar-refractivity contribution in [1.82, 2.24) is 5.32 Å². The standard InChI is InChI=1S/C19H28N2O2/c1-19(20)11-4-3-7-16(19)18(22)21-17-8-5-6-13-12-14(23-2)9-10-15(13)17/h9-10,12,16-17H,3-8,11,20H2,1-2H3,(H,21,22). The van der Waals surface area contributed by atoms with Crippen LogP contribution in [0, 0.1) is 5.92 Å². The minimum Gasteiger partial charge on any atom is -0.497 e. The topological polar surface area (TPSA) is 64.3 Å². The lowest BCUT2D eigenvalue weighted by Crippen LogP contribution is -2.53. The van der Waals surface area contributed by atoms with Gasteiger partial charge in [-0.1, -0.05) is 18.9 Å². The first kappa shape index (κ1) is 16.3. The molecule has 1 fully saturated rings. The third-order valence-corrected chi connectivity index (χ3v) is 5.55. The van der Waals surface area contributed by atoms with E-state index >= 15 is 0 Å². The van der Waals surface area contributed by atoms with Gasteiger partial charge in [0.15, 0.2) is 0 Å². The maximum absolute atomic E-state index is 12.8. The number of fused-ring (bicyclic) bond motifs is 1. The highest BCUT2D eigenvalue weighted by Crippen LogP contribution is 2.35. The Kier molecular flexibility index (Phi) is 4.62. The number of hydrogen-bond acceptors (Lipinski definition) is 3. The van der Waals surface area contributed by atoms with Crippen LogP contribution < -0.4 is 15.8 Å². The van der Waals surface area contributed by atoms with E-state index in [1.807, 2.05) is 13.0 Å². The van der Waals surface area contributed by atoms with Crippen LogP contribution in [0.3, 0.4) is 0 Å². The lowest BCUT2D eigenvalue weighted by atomic mass is 9.74. The van der Waals surface area contributed by atoms with Crippen molar-refractivity contribution in [2.45, 2.75) is 63.5 Å². The van der Waals surface area contributed by atoms with Crippen LogP contribution in [-0.2, 0) is 11.2 Å². The van der Waals surface area contributed by atoms with Gasteiger partial charge in [-0.3, -0.25) is 4.79 Å². The van der Waals surface area contributed by atoms with E-state index in [1.54, 1.807) is 7.11 Å². The van der Waals surface area contributed by atoms with Crippen molar-refractivity contribution in [2.24, 2.45) is 11.7 Å². The second kappa shape index (κ2) is 6.52. The largest absolute Gasteiger partial charge is 0.497 e. The van der Waals surface area contributed by atoms with Crippen molar-refractivity contribution in [3.63, 3.8) is 0 Å². The van der Waals surface area contributed by atoms with Crippen LogP contribution in [0.5, 0.6) is 5.75 Å². The molecule has 3 rings (SSSR count). The fourth-order valence-electron chi connectivity index (χ4n) is 4.13. The number of carbonyl (C=O) groups is 1. The van der Waals surface area contributed by atoms with E-state index in [1.165, 1.54) is 11.1 Å². The summed E-state index contributed by atoms with van der Waals surface area (Å²) in [6.07, 6.45) is 7.21. The van der Waals surface area contributed by atoms with E-state index in [0.717, 1.165) is 50.7 Å². The summed E-state index contributed by atoms with van der Waals surface area (Å²) in [7, 11) is 1.69. The first-order valence-corrected chi connectivity index (χ1v) is 8.77. The molecule has 3 N–H and O–H groups in total. The normalized spacial score (nSPS) is 30.4. The fraction of sp³-hybridized carbons (Fsp3) is 0.632. The lowest BCUT2D eigenvalue weighted by molar-refractivity contribution is -0.129. The number of nitrogens with two attached hydrogens (primary N) is 1. The summed E-state index contributed by atoms with van der Waals surface area (Å²) >= 11 is 0. The fourth-order valence-corrected chi connectivity index (χ4v) is 4.13. The van der Waals surface area contributed by atoms with Crippen molar-refractivity contribution in [1.29, 1.82) is 0 Å². The van der Waals surface area contributed by atoms with E-state index < -0.39 is 0 Å². The number of rotatable bonds is 3. The highest BCUT2D eigenvalue weighted by atomic mass is 16.5. The number of amides is 1. The van der Waals surface area contributed by atoms with Gasteiger partial charge in [0.2, 0.25) is 5.91 Å². The molecule has 0 heterocycles. The Morgan fingerprint density at radius 3 is 2.87 bits per heavy atom. The second-order valence-corrected chi connectivity index (χ2v) is 7.32. The average Bonchev–Trinajstić information content (AvgIpc) is 2.54. The molecule has 0 aromatic heterocycles. The van der Waals surface area contributed by atoms with Crippen LogP contribution in [0.1, 0.15) is 62.6 Å². The number of methoxy groups -OCH3 is 1. The molecule has 1 amide bonds. The quantitative estimate of drug-likeness (QED) is 0.900. The molecular weight excluding hydrogens is 288 g/mol. The van der Waals surface area contributed by atoms with E-state index in [2.05, 4.69) is 17.4 Å². The molecule has 0 spiro atoms. The molecule has 2 aliphatic carbocycles. The maximum atomic E-state index is 12.8. The molecule has 126 valence electrons. The summed E-state index contributed by atoms with van der Waals surface area (Å²) in [5, 5.41) is 3.28. The highest BCUT2D eigenvalue weighted by Gasteiger charge is 2.38. The molecule has 0 saturated heterocycles. The van der Waals surface area contributed by atoms with Crippen LogP contribution in [0.25, 0.3) is 0 Å². The zero-order valence-corrected chi connectivity index (χ0v) is 14.2. The Bertz CT molecular complexity index is 583. The van der Waals surface area contributed by atoms with Crippen molar-refractivity contribution >= 4 is 5.91 Å². The molecule has 3 atom stereocenters. The van der Waals surface area contributed by atoms with Gasteiger partial charge in [0.1, 0.15) is 5.75 Å². The molecule has 1 saturated carbocycles. The summed E-state index contributed by atoms with van der Waals surface area (Å²) in [5.41, 5.74) is 8.54. The Morgan fingerprint density at radius 1 is 1.30 bits per heavy atom. The number of benzene rings is 1. The minimum absolute atomic E-state index is 0.0696. The van der Waals surface area contributed by atoms with Crippen LogP contribution in [0.15, 0.2) is 18.2 Å². The zero-order chi connectivity index (χ0) is 16.4. The summed E-state index contributed by atoms with van der Waals surface area (Å²) in [6.45, 7) is 2.02. The third-order valence-electron chi connectivity index (χ3n) is 5.55.